The number of carbonyl (C=O) groups excluding carboxylic acids is 1. The lowest BCUT2D eigenvalue weighted by Gasteiger charge is -2.38. The molecule has 1 aliphatic carbocycles. The Balaban J connectivity index is 1.73. The predicted molar refractivity (Wildman–Crippen MR) is 83.6 cm³/mol. The van der Waals surface area contributed by atoms with Crippen molar-refractivity contribution in [3.63, 3.8) is 0 Å². The summed E-state index contributed by atoms with van der Waals surface area (Å²) >= 11 is 0. The van der Waals surface area contributed by atoms with Gasteiger partial charge in [0.2, 0.25) is 0 Å². The van der Waals surface area contributed by atoms with E-state index in [1.807, 2.05) is 42.9 Å². The van der Waals surface area contributed by atoms with Crippen molar-refractivity contribution < 1.29 is 9.53 Å². The van der Waals surface area contributed by atoms with Gasteiger partial charge in [0.15, 0.2) is 0 Å². The topological polar surface area (TPSA) is 56.1 Å². The molecule has 1 fully saturated rings. The molecule has 1 amide bonds. The summed E-state index contributed by atoms with van der Waals surface area (Å²) in [6.45, 7) is 0. The SMILES string of the molecule is COC1C(NC(=O)c2ccccc2)CCCC1n1ccnc1. The maximum absolute atomic E-state index is 12.4. The number of amides is 1. The Bertz CT molecular complexity index is 598. The van der Waals surface area contributed by atoms with Gasteiger partial charge in [-0.1, -0.05) is 18.2 Å². The quantitative estimate of drug-likeness (QED) is 0.943. The van der Waals surface area contributed by atoms with Crippen LogP contribution in [0, 0.1) is 0 Å². The number of imidazole rings is 1. The van der Waals surface area contributed by atoms with Crippen LogP contribution in [-0.2, 0) is 4.74 Å². The van der Waals surface area contributed by atoms with Crippen LogP contribution >= 0.6 is 0 Å². The molecule has 2 aromatic rings. The molecule has 3 unspecified atom stereocenters. The first kappa shape index (κ1) is 14.8. The van der Waals surface area contributed by atoms with Gasteiger partial charge in [0, 0.05) is 25.1 Å². The fraction of sp³-hybridized carbons (Fsp3) is 0.412. The normalized spacial score (nSPS) is 24.9. The molecule has 1 heterocycles. The van der Waals surface area contributed by atoms with E-state index in [0.717, 1.165) is 19.3 Å². The van der Waals surface area contributed by atoms with E-state index in [4.69, 9.17) is 4.74 Å². The maximum atomic E-state index is 12.4. The van der Waals surface area contributed by atoms with Gasteiger partial charge in [-0.3, -0.25) is 4.79 Å². The van der Waals surface area contributed by atoms with Gasteiger partial charge >= 0.3 is 0 Å². The number of methoxy groups -OCH3 is 1. The standard InChI is InChI=1S/C17H21N3O2/c1-22-16-14(19-17(21)13-6-3-2-4-7-13)8-5-9-15(16)20-11-10-18-12-20/h2-4,6-7,10-12,14-16H,5,8-9H2,1H3,(H,19,21). The van der Waals surface area contributed by atoms with Crippen molar-refractivity contribution in [3.05, 3.63) is 54.6 Å². The number of benzene rings is 1. The van der Waals surface area contributed by atoms with E-state index >= 15 is 0 Å². The van der Waals surface area contributed by atoms with Crippen LogP contribution in [0.5, 0.6) is 0 Å². The Morgan fingerprint density at radius 2 is 2.14 bits per heavy atom. The summed E-state index contributed by atoms with van der Waals surface area (Å²) in [5.74, 6) is -0.0427. The number of rotatable bonds is 4. The number of carbonyl (C=O) groups is 1. The average molecular weight is 299 g/mol. The van der Waals surface area contributed by atoms with Crippen molar-refractivity contribution in [2.45, 2.75) is 37.5 Å². The van der Waals surface area contributed by atoms with Crippen molar-refractivity contribution in [3.8, 4) is 0 Å². The number of ether oxygens (including phenoxy) is 1. The first-order valence-corrected chi connectivity index (χ1v) is 7.65. The fourth-order valence-electron chi connectivity index (χ4n) is 3.24. The van der Waals surface area contributed by atoms with Crippen LogP contribution in [0.2, 0.25) is 0 Å². The van der Waals surface area contributed by atoms with Crippen molar-refractivity contribution in [1.82, 2.24) is 14.9 Å². The van der Waals surface area contributed by atoms with Crippen LogP contribution in [0.4, 0.5) is 0 Å². The number of hydrogen-bond acceptors (Lipinski definition) is 3. The van der Waals surface area contributed by atoms with E-state index in [1.54, 1.807) is 13.3 Å². The molecule has 0 aliphatic heterocycles. The number of nitrogens with zero attached hydrogens (tertiary/aromatic N) is 2. The third-order valence-corrected chi connectivity index (χ3v) is 4.32. The van der Waals surface area contributed by atoms with Gasteiger partial charge in [-0.15, -0.1) is 0 Å². The maximum Gasteiger partial charge on any atom is 0.251 e. The highest BCUT2D eigenvalue weighted by Crippen LogP contribution is 2.31. The Morgan fingerprint density at radius 1 is 1.32 bits per heavy atom. The van der Waals surface area contributed by atoms with Crippen molar-refractivity contribution >= 4 is 5.91 Å². The van der Waals surface area contributed by atoms with Crippen molar-refractivity contribution in [2.75, 3.05) is 7.11 Å². The molecule has 5 nitrogen and oxygen atoms in total. The summed E-state index contributed by atoms with van der Waals surface area (Å²) in [6, 6.07) is 9.53. The monoisotopic (exact) mass is 299 g/mol. The van der Waals surface area contributed by atoms with Gasteiger partial charge in [0.1, 0.15) is 0 Å². The third kappa shape index (κ3) is 3.04. The smallest absolute Gasteiger partial charge is 0.251 e. The summed E-state index contributed by atoms with van der Waals surface area (Å²) in [7, 11) is 1.71. The van der Waals surface area contributed by atoms with E-state index in [0.29, 0.717) is 5.56 Å². The second-order valence-corrected chi connectivity index (χ2v) is 5.65. The second-order valence-electron chi connectivity index (χ2n) is 5.65. The fourth-order valence-corrected chi connectivity index (χ4v) is 3.24. The zero-order chi connectivity index (χ0) is 15.4. The summed E-state index contributed by atoms with van der Waals surface area (Å²) < 4.78 is 7.79. The van der Waals surface area contributed by atoms with Crippen LogP contribution < -0.4 is 5.32 Å². The largest absolute Gasteiger partial charge is 0.377 e. The Hall–Kier alpha value is -2.14. The molecule has 0 spiro atoms. The van der Waals surface area contributed by atoms with Gasteiger partial charge in [-0.2, -0.15) is 0 Å². The van der Waals surface area contributed by atoms with Crippen molar-refractivity contribution in [1.29, 1.82) is 0 Å². The average Bonchev–Trinajstić information content (AvgIpc) is 3.09. The van der Waals surface area contributed by atoms with Crippen LogP contribution in [0.3, 0.4) is 0 Å². The molecular weight excluding hydrogens is 278 g/mol. The highest BCUT2D eigenvalue weighted by Gasteiger charge is 2.35. The van der Waals surface area contributed by atoms with Crippen LogP contribution in [0.25, 0.3) is 0 Å². The minimum Gasteiger partial charge on any atom is -0.377 e. The molecule has 3 rings (SSSR count). The lowest BCUT2D eigenvalue weighted by atomic mass is 9.87. The van der Waals surface area contributed by atoms with Gasteiger partial charge in [-0.05, 0) is 31.4 Å². The van der Waals surface area contributed by atoms with Crippen molar-refractivity contribution in [2.24, 2.45) is 0 Å². The molecule has 1 aromatic carbocycles. The molecule has 1 aliphatic rings. The summed E-state index contributed by atoms with van der Waals surface area (Å²) in [6.07, 6.45) is 8.53. The zero-order valence-corrected chi connectivity index (χ0v) is 12.7. The number of nitrogens with one attached hydrogen (secondary N) is 1. The van der Waals surface area contributed by atoms with Crippen LogP contribution in [0.1, 0.15) is 35.7 Å². The second kappa shape index (κ2) is 6.75. The summed E-state index contributed by atoms with van der Waals surface area (Å²) in [5.41, 5.74) is 0.683. The van der Waals surface area contributed by atoms with Gasteiger partial charge in [-0.25, -0.2) is 4.98 Å². The molecule has 0 bridgehead atoms. The van der Waals surface area contributed by atoms with E-state index in [-0.39, 0.29) is 24.1 Å². The Morgan fingerprint density at radius 3 is 2.82 bits per heavy atom. The summed E-state index contributed by atoms with van der Waals surface area (Å²) in [4.78, 5) is 16.5. The third-order valence-electron chi connectivity index (χ3n) is 4.32. The lowest BCUT2D eigenvalue weighted by molar-refractivity contribution is 0.00365. The van der Waals surface area contributed by atoms with E-state index < -0.39 is 0 Å². The molecular formula is C17H21N3O2. The Labute approximate surface area is 130 Å². The minimum absolute atomic E-state index is 0.0128. The highest BCUT2D eigenvalue weighted by atomic mass is 16.5. The number of hydrogen-bond donors (Lipinski definition) is 1. The Kier molecular flexibility index (Phi) is 4.53. The number of aromatic nitrogens is 2. The van der Waals surface area contributed by atoms with Crippen LogP contribution in [-0.4, -0.2) is 34.7 Å². The van der Waals surface area contributed by atoms with E-state index in [9.17, 15) is 4.79 Å². The first-order valence-electron chi connectivity index (χ1n) is 7.65. The summed E-state index contributed by atoms with van der Waals surface area (Å²) in [5, 5.41) is 3.13. The van der Waals surface area contributed by atoms with E-state index in [2.05, 4.69) is 14.9 Å². The van der Waals surface area contributed by atoms with E-state index in [1.165, 1.54) is 0 Å². The highest BCUT2D eigenvalue weighted by molar-refractivity contribution is 5.94. The minimum atomic E-state index is -0.0457. The molecule has 1 saturated carbocycles. The predicted octanol–water partition coefficient (Wildman–Crippen LogP) is 2.42. The molecule has 0 radical (unpaired) electrons. The van der Waals surface area contributed by atoms with Crippen LogP contribution in [0.15, 0.2) is 49.1 Å². The molecule has 116 valence electrons. The molecule has 0 saturated heterocycles. The van der Waals surface area contributed by atoms with Gasteiger partial charge in [0.05, 0.1) is 24.5 Å². The van der Waals surface area contributed by atoms with Gasteiger partial charge in [0.25, 0.3) is 5.91 Å². The molecule has 1 aromatic heterocycles. The van der Waals surface area contributed by atoms with Gasteiger partial charge < -0.3 is 14.6 Å². The molecule has 3 atom stereocenters. The molecule has 5 heteroatoms. The lowest BCUT2D eigenvalue weighted by Crippen LogP contribution is -2.50. The molecule has 1 N–H and O–H groups in total. The molecule has 22 heavy (non-hydrogen) atoms. The zero-order valence-electron chi connectivity index (χ0n) is 12.7. The first-order chi connectivity index (χ1) is 10.8.